The Balaban J connectivity index is 2.43. The van der Waals surface area contributed by atoms with Gasteiger partial charge >= 0.3 is 5.97 Å². The lowest BCUT2D eigenvalue weighted by molar-refractivity contribution is -0.144. The molecule has 0 saturated heterocycles. The predicted molar refractivity (Wildman–Crippen MR) is 82.7 cm³/mol. The van der Waals surface area contributed by atoms with Crippen LogP contribution in [0.2, 0.25) is 10.0 Å². The first-order valence-corrected chi connectivity index (χ1v) is 7.19. The van der Waals surface area contributed by atoms with Crippen molar-refractivity contribution in [1.29, 1.82) is 0 Å². The lowest BCUT2D eigenvalue weighted by Crippen LogP contribution is -2.47. The summed E-state index contributed by atoms with van der Waals surface area (Å²) in [6.07, 6.45) is 0.684. The summed E-state index contributed by atoms with van der Waals surface area (Å²) in [5, 5.41) is 6.82. The summed E-state index contributed by atoms with van der Waals surface area (Å²) >= 11 is 11.9. The summed E-state index contributed by atoms with van der Waals surface area (Å²) in [6.45, 7) is 2.25. The van der Waals surface area contributed by atoms with Gasteiger partial charge in [-0.25, -0.2) is 4.79 Å². The van der Waals surface area contributed by atoms with Crippen molar-refractivity contribution in [2.75, 3.05) is 20.2 Å². The number of halogens is 2. The Morgan fingerprint density at radius 2 is 2.05 bits per heavy atom. The second kappa shape index (κ2) is 8.87. The molecule has 0 aliphatic rings. The molecule has 116 valence electrons. The molecule has 21 heavy (non-hydrogen) atoms. The zero-order valence-corrected chi connectivity index (χ0v) is 13.4. The van der Waals surface area contributed by atoms with E-state index in [2.05, 4.69) is 15.4 Å². The lowest BCUT2D eigenvalue weighted by atomic mass is 10.1. The Morgan fingerprint density at radius 1 is 1.33 bits per heavy atom. The van der Waals surface area contributed by atoms with Crippen LogP contribution < -0.4 is 10.6 Å². The number of rotatable bonds is 7. The maximum Gasteiger partial charge on any atom is 0.329 e. The van der Waals surface area contributed by atoms with Gasteiger partial charge in [0, 0.05) is 23.5 Å². The van der Waals surface area contributed by atoms with Crippen LogP contribution in [0.25, 0.3) is 0 Å². The summed E-state index contributed by atoms with van der Waals surface area (Å²) in [7, 11) is 1.28. The minimum Gasteiger partial charge on any atom is -0.467 e. The third-order valence-corrected chi connectivity index (χ3v) is 3.38. The van der Waals surface area contributed by atoms with Gasteiger partial charge in [-0.05, 0) is 30.7 Å². The third kappa shape index (κ3) is 6.33. The smallest absolute Gasteiger partial charge is 0.329 e. The maximum atomic E-state index is 11.5. The van der Waals surface area contributed by atoms with E-state index in [1.165, 1.54) is 14.0 Å². The van der Waals surface area contributed by atoms with Crippen molar-refractivity contribution < 1.29 is 14.3 Å². The summed E-state index contributed by atoms with van der Waals surface area (Å²) in [5.74, 6) is -0.768. The molecule has 1 atom stereocenters. The van der Waals surface area contributed by atoms with Crippen LogP contribution in [0.4, 0.5) is 0 Å². The molecule has 0 spiro atoms. The number of ether oxygens (including phenoxy) is 1. The first kappa shape index (κ1) is 17.8. The van der Waals surface area contributed by atoms with Gasteiger partial charge in [-0.3, -0.25) is 4.79 Å². The van der Waals surface area contributed by atoms with E-state index in [9.17, 15) is 9.59 Å². The Labute approximate surface area is 133 Å². The summed E-state index contributed by atoms with van der Waals surface area (Å²) in [6, 6.07) is 4.62. The molecular formula is C14H18Cl2N2O3. The molecule has 0 radical (unpaired) electrons. The van der Waals surface area contributed by atoms with Crippen LogP contribution in [0.5, 0.6) is 0 Å². The van der Waals surface area contributed by atoms with Crippen molar-refractivity contribution in [3.8, 4) is 0 Å². The average Bonchev–Trinajstić information content (AvgIpc) is 2.42. The van der Waals surface area contributed by atoms with Crippen LogP contribution in [0, 0.1) is 0 Å². The van der Waals surface area contributed by atoms with Crippen LogP contribution in [-0.2, 0) is 20.7 Å². The highest BCUT2D eigenvalue weighted by molar-refractivity contribution is 6.35. The van der Waals surface area contributed by atoms with Crippen molar-refractivity contribution in [2.24, 2.45) is 0 Å². The SMILES string of the molecule is COC(=O)C(CNCCc1ccc(Cl)cc1Cl)NC(C)=O. The van der Waals surface area contributed by atoms with Gasteiger partial charge in [-0.2, -0.15) is 0 Å². The molecule has 0 aromatic heterocycles. The van der Waals surface area contributed by atoms with Crippen molar-refractivity contribution in [3.05, 3.63) is 33.8 Å². The van der Waals surface area contributed by atoms with Crippen molar-refractivity contribution in [1.82, 2.24) is 10.6 Å². The molecule has 7 heteroatoms. The molecule has 1 rings (SSSR count). The van der Waals surface area contributed by atoms with Gasteiger partial charge in [0.25, 0.3) is 0 Å². The van der Waals surface area contributed by atoms with E-state index >= 15 is 0 Å². The minimum absolute atomic E-state index is 0.284. The molecule has 0 bridgehead atoms. The van der Waals surface area contributed by atoms with Crippen molar-refractivity contribution in [3.63, 3.8) is 0 Å². The molecule has 0 fully saturated rings. The van der Waals surface area contributed by atoms with Gasteiger partial charge in [-0.1, -0.05) is 29.3 Å². The van der Waals surface area contributed by atoms with Gasteiger partial charge < -0.3 is 15.4 Å². The molecule has 0 aliphatic carbocycles. The number of hydrogen-bond acceptors (Lipinski definition) is 4. The standard InChI is InChI=1S/C14H18Cl2N2O3/c1-9(19)18-13(14(20)21-2)8-17-6-5-10-3-4-11(15)7-12(10)16/h3-4,7,13,17H,5-6,8H2,1-2H3,(H,18,19). The maximum absolute atomic E-state index is 11.5. The number of esters is 1. The Morgan fingerprint density at radius 3 is 2.62 bits per heavy atom. The number of nitrogens with one attached hydrogen (secondary N) is 2. The highest BCUT2D eigenvalue weighted by Crippen LogP contribution is 2.20. The number of carbonyl (C=O) groups excluding carboxylic acids is 2. The molecule has 0 aliphatic heterocycles. The van der Waals surface area contributed by atoms with Crippen LogP contribution in [0.15, 0.2) is 18.2 Å². The highest BCUT2D eigenvalue weighted by atomic mass is 35.5. The van der Waals surface area contributed by atoms with Crippen molar-refractivity contribution in [2.45, 2.75) is 19.4 Å². The molecule has 5 nitrogen and oxygen atoms in total. The predicted octanol–water partition coefficient (Wildman–Crippen LogP) is 1.80. The Kier molecular flexibility index (Phi) is 7.50. The fourth-order valence-corrected chi connectivity index (χ4v) is 2.28. The molecule has 2 N–H and O–H groups in total. The number of carbonyl (C=O) groups is 2. The van der Waals surface area contributed by atoms with E-state index < -0.39 is 12.0 Å². The number of benzene rings is 1. The Bertz CT molecular complexity index is 509. The number of methoxy groups -OCH3 is 1. The molecule has 1 aromatic rings. The topological polar surface area (TPSA) is 67.4 Å². The molecule has 1 aromatic carbocycles. The third-order valence-electron chi connectivity index (χ3n) is 2.80. The normalized spacial score (nSPS) is 11.8. The first-order chi connectivity index (χ1) is 9.93. The van der Waals surface area contributed by atoms with E-state index in [-0.39, 0.29) is 12.5 Å². The van der Waals surface area contributed by atoms with Crippen LogP contribution in [0.3, 0.4) is 0 Å². The first-order valence-electron chi connectivity index (χ1n) is 6.43. The summed E-state index contributed by atoms with van der Waals surface area (Å²) < 4.78 is 4.63. The van der Waals surface area contributed by atoms with Crippen LogP contribution >= 0.6 is 23.2 Å². The largest absolute Gasteiger partial charge is 0.467 e. The minimum atomic E-state index is -0.701. The van der Waals surface area contributed by atoms with Crippen LogP contribution in [0.1, 0.15) is 12.5 Å². The second-order valence-electron chi connectivity index (χ2n) is 4.47. The zero-order chi connectivity index (χ0) is 15.8. The molecular weight excluding hydrogens is 315 g/mol. The molecule has 0 saturated carbocycles. The van der Waals surface area contributed by atoms with E-state index in [0.717, 1.165) is 5.56 Å². The van der Waals surface area contributed by atoms with Gasteiger partial charge in [0.15, 0.2) is 0 Å². The van der Waals surface area contributed by atoms with Gasteiger partial charge in [-0.15, -0.1) is 0 Å². The quantitative estimate of drug-likeness (QED) is 0.590. The number of hydrogen-bond donors (Lipinski definition) is 2. The fraction of sp³-hybridized carbons (Fsp3) is 0.429. The van der Waals surface area contributed by atoms with E-state index in [4.69, 9.17) is 23.2 Å². The fourth-order valence-electron chi connectivity index (χ4n) is 1.77. The van der Waals surface area contributed by atoms with E-state index in [1.807, 2.05) is 6.07 Å². The highest BCUT2D eigenvalue weighted by Gasteiger charge is 2.19. The van der Waals surface area contributed by atoms with Crippen molar-refractivity contribution >= 4 is 35.1 Å². The van der Waals surface area contributed by atoms with E-state index in [0.29, 0.717) is 23.0 Å². The zero-order valence-electron chi connectivity index (χ0n) is 11.9. The molecule has 1 amide bonds. The average molecular weight is 333 g/mol. The second-order valence-corrected chi connectivity index (χ2v) is 5.31. The monoisotopic (exact) mass is 332 g/mol. The molecule has 0 heterocycles. The van der Waals surface area contributed by atoms with Crippen LogP contribution in [-0.4, -0.2) is 38.1 Å². The Hall–Kier alpha value is -1.30. The summed E-state index contributed by atoms with van der Waals surface area (Å²) in [4.78, 5) is 22.5. The van der Waals surface area contributed by atoms with Gasteiger partial charge in [0.05, 0.1) is 7.11 Å². The summed E-state index contributed by atoms with van der Waals surface area (Å²) in [5.41, 5.74) is 0.961. The number of amides is 1. The molecule has 1 unspecified atom stereocenters. The lowest BCUT2D eigenvalue weighted by Gasteiger charge is -2.16. The van der Waals surface area contributed by atoms with Gasteiger partial charge in [0.1, 0.15) is 6.04 Å². The van der Waals surface area contributed by atoms with E-state index in [1.54, 1.807) is 12.1 Å². The van der Waals surface area contributed by atoms with Gasteiger partial charge in [0.2, 0.25) is 5.91 Å².